The van der Waals surface area contributed by atoms with Crippen LogP contribution in [0.25, 0.3) is 0 Å². The van der Waals surface area contributed by atoms with Crippen molar-refractivity contribution in [2.75, 3.05) is 5.32 Å². The molecule has 2 atom stereocenters. The summed E-state index contributed by atoms with van der Waals surface area (Å²) in [5.41, 5.74) is 7.21. The summed E-state index contributed by atoms with van der Waals surface area (Å²) in [4.78, 5) is 4.52. The van der Waals surface area contributed by atoms with Gasteiger partial charge in [0.15, 0.2) is 0 Å². The van der Waals surface area contributed by atoms with Gasteiger partial charge in [-0.05, 0) is 47.8 Å². The van der Waals surface area contributed by atoms with Gasteiger partial charge in [-0.2, -0.15) is 0 Å². The van der Waals surface area contributed by atoms with Crippen molar-refractivity contribution in [1.29, 1.82) is 0 Å². The van der Waals surface area contributed by atoms with Gasteiger partial charge in [-0.1, -0.05) is 19.3 Å². The zero-order valence-corrected chi connectivity index (χ0v) is 11.8. The van der Waals surface area contributed by atoms with E-state index in [-0.39, 0.29) is 6.04 Å². The lowest BCUT2D eigenvalue weighted by Crippen LogP contribution is -2.39. The van der Waals surface area contributed by atoms with Crippen molar-refractivity contribution in [2.24, 2.45) is 5.73 Å². The summed E-state index contributed by atoms with van der Waals surface area (Å²) in [6.45, 7) is 2.00. The highest BCUT2D eigenvalue weighted by atomic mass is 79.9. The lowest BCUT2D eigenvalue weighted by atomic mass is 10.0. The van der Waals surface area contributed by atoms with Gasteiger partial charge < -0.3 is 11.1 Å². The van der Waals surface area contributed by atoms with Crippen LogP contribution in [-0.2, 0) is 0 Å². The van der Waals surface area contributed by atoms with Gasteiger partial charge in [0.25, 0.3) is 0 Å². The van der Waals surface area contributed by atoms with Crippen LogP contribution in [0.2, 0.25) is 0 Å². The minimum Gasteiger partial charge on any atom is -0.366 e. The first-order chi connectivity index (χ1) is 8.16. The van der Waals surface area contributed by atoms with E-state index in [4.69, 9.17) is 5.73 Å². The van der Waals surface area contributed by atoms with Gasteiger partial charge in [-0.25, -0.2) is 4.98 Å². The Morgan fingerprint density at radius 3 is 2.82 bits per heavy atom. The van der Waals surface area contributed by atoms with Crippen molar-refractivity contribution in [3.8, 4) is 0 Å². The second-order valence-electron chi connectivity index (χ2n) is 4.82. The van der Waals surface area contributed by atoms with Crippen molar-refractivity contribution < 1.29 is 0 Å². The quantitative estimate of drug-likeness (QED) is 0.824. The standard InChI is InChI=1S/C13H20BrN3/c1-9-10(14)7-8-13(16-9)17-12-6-4-2-3-5-11(12)15/h7-8,11-12H,2-6,15H2,1H3,(H,16,17). The molecule has 1 aromatic rings. The third-order valence-corrected chi connectivity index (χ3v) is 4.26. The number of nitrogens with two attached hydrogens (primary N) is 1. The fraction of sp³-hybridized carbons (Fsp3) is 0.615. The summed E-state index contributed by atoms with van der Waals surface area (Å²) < 4.78 is 1.05. The number of nitrogens with one attached hydrogen (secondary N) is 1. The van der Waals surface area contributed by atoms with Crippen LogP contribution in [0.1, 0.15) is 37.8 Å². The smallest absolute Gasteiger partial charge is 0.126 e. The molecule has 1 aliphatic rings. The second-order valence-corrected chi connectivity index (χ2v) is 5.67. The molecule has 0 bridgehead atoms. The first kappa shape index (κ1) is 12.8. The summed E-state index contributed by atoms with van der Waals surface area (Å²) in [6.07, 6.45) is 6.09. The molecule has 1 heterocycles. The number of pyridine rings is 1. The van der Waals surface area contributed by atoms with E-state index in [0.717, 1.165) is 28.8 Å². The summed E-state index contributed by atoms with van der Waals surface area (Å²) in [6, 6.07) is 4.66. The lowest BCUT2D eigenvalue weighted by Gasteiger charge is -2.23. The fourth-order valence-corrected chi connectivity index (χ4v) is 2.55. The summed E-state index contributed by atoms with van der Waals surface area (Å²) in [5.74, 6) is 0.938. The third-order valence-electron chi connectivity index (χ3n) is 3.42. The molecule has 2 rings (SSSR count). The Morgan fingerprint density at radius 2 is 2.06 bits per heavy atom. The van der Waals surface area contributed by atoms with Gasteiger partial charge in [0.05, 0.1) is 5.69 Å². The minimum absolute atomic E-state index is 0.253. The topological polar surface area (TPSA) is 50.9 Å². The lowest BCUT2D eigenvalue weighted by molar-refractivity contribution is 0.527. The van der Waals surface area contributed by atoms with Gasteiger partial charge in [0, 0.05) is 16.6 Å². The molecule has 0 saturated heterocycles. The Balaban J connectivity index is 2.05. The molecule has 1 fully saturated rings. The molecule has 0 aromatic carbocycles. The van der Waals surface area contributed by atoms with Crippen molar-refractivity contribution in [1.82, 2.24) is 4.98 Å². The Kier molecular flexibility index (Phi) is 4.40. The van der Waals surface area contributed by atoms with E-state index in [1.54, 1.807) is 0 Å². The van der Waals surface area contributed by atoms with Crippen LogP contribution in [0.15, 0.2) is 16.6 Å². The van der Waals surface area contributed by atoms with Crippen LogP contribution in [-0.4, -0.2) is 17.1 Å². The van der Waals surface area contributed by atoms with E-state index in [1.165, 1.54) is 19.3 Å². The van der Waals surface area contributed by atoms with Crippen LogP contribution < -0.4 is 11.1 Å². The van der Waals surface area contributed by atoms with Crippen LogP contribution in [0, 0.1) is 6.92 Å². The predicted molar refractivity (Wildman–Crippen MR) is 75.1 cm³/mol. The van der Waals surface area contributed by atoms with E-state index in [0.29, 0.717) is 6.04 Å². The molecule has 0 aliphatic heterocycles. The van der Waals surface area contributed by atoms with Crippen LogP contribution in [0.5, 0.6) is 0 Å². The van der Waals surface area contributed by atoms with Crippen molar-refractivity contribution in [3.63, 3.8) is 0 Å². The summed E-state index contributed by atoms with van der Waals surface area (Å²) >= 11 is 3.46. The molecule has 17 heavy (non-hydrogen) atoms. The number of anilines is 1. The van der Waals surface area contributed by atoms with Gasteiger partial charge in [-0.3, -0.25) is 0 Å². The molecular weight excluding hydrogens is 278 g/mol. The van der Waals surface area contributed by atoms with E-state index >= 15 is 0 Å². The fourth-order valence-electron chi connectivity index (χ4n) is 2.33. The van der Waals surface area contributed by atoms with Gasteiger partial charge in [0.1, 0.15) is 5.82 Å². The molecule has 0 radical (unpaired) electrons. The molecular formula is C13H20BrN3. The second kappa shape index (κ2) is 5.83. The molecule has 3 N–H and O–H groups in total. The monoisotopic (exact) mass is 297 g/mol. The number of hydrogen-bond donors (Lipinski definition) is 2. The number of aryl methyl sites for hydroxylation is 1. The normalized spacial score (nSPS) is 25.4. The van der Waals surface area contributed by atoms with E-state index in [9.17, 15) is 0 Å². The first-order valence-corrected chi connectivity index (χ1v) is 7.11. The number of rotatable bonds is 2. The largest absolute Gasteiger partial charge is 0.366 e. The SMILES string of the molecule is Cc1nc(NC2CCCCCC2N)ccc1Br. The number of aromatic nitrogens is 1. The Hall–Kier alpha value is -0.610. The Labute approximate surface area is 111 Å². The van der Waals surface area contributed by atoms with E-state index in [2.05, 4.69) is 26.2 Å². The summed E-state index contributed by atoms with van der Waals surface area (Å²) in [5, 5.41) is 3.48. The highest BCUT2D eigenvalue weighted by molar-refractivity contribution is 9.10. The van der Waals surface area contributed by atoms with Gasteiger partial charge >= 0.3 is 0 Å². The molecule has 2 unspecified atom stereocenters. The maximum atomic E-state index is 6.20. The molecule has 1 aliphatic carbocycles. The minimum atomic E-state index is 0.253. The Morgan fingerprint density at radius 1 is 1.29 bits per heavy atom. The zero-order chi connectivity index (χ0) is 12.3. The summed E-state index contributed by atoms with van der Waals surface area (Å²) in [7, 11) is 0. The molecule has 4 heteroatoms. The van der Waals surface area contributed by atoms with Crippen LogP contribution >= 0.6 is 15.9 Å². The highest BCUT2D eigenvalue weighted by Gasteiger charge is 2.20. The molecule has 94 valence electrons. The molecule has 1 aromatic heterocycles. The molecule has 0 amide bonds. The molecule has 0 spiro atoms. The van der Waals surface area contributed by atoms with Crippen LogP contribution in [0.3, 0.4) is 0 Å². The van der Waals surface area contributed by atoms with Gasteiger partial charge in [-0.15, -0.1) is 0 Å². The average Bonchev–Trinajstić information content (AvgIpc) is 2.50. The maximum Gasteiger partial charge on any atom is 0.126 e. The van der Waals surface area contributed by atoms with E-state index < -0.39 is 0 Å². The molecule has 1 saturated carbocycles. The van der Waals surface area contributed by atoms with Gasteiger partial charge in [0.2, 0.25) is 0 Å². The maximum absolute atomic E-state index is 6.20. The number of halogens is 1. The number of nitrogens with zero attached hydrogens (tertiary/aromatic N) is 1. The first-order valence-electron chi connectivity index (χ1n) is 6.32. The Bertz CT molecular complexity index is 381. The van der Waals surface area contributed by atoms with E-state index in [1.807, 2.05) is 19.1 Å². The average molecular weight is 298 g/mol. The predicted octanol–water partition coefficient (Wildman–Crippen LogP) is 3.22. The van der Waals surface area contributed by atoms with Crippen LogP contribution in [0.4, 0.5) is 5.82 Å². The van der Waals surface area contributed by atoms with Crippen molar-refractivity contribution in [3.05, 3.63) is 22.3 Å². The number of hydrogen-bond acceptors (Lipinski definition) is 3. The third kappa shape index (κ3) is 3.42. The van der Waals surface area contributed by atoms with Crippen molar-refractivity contribution in [2.45, 2.75) is 51.1 Å². The highest BCUT2D eigenvalue weighted by Crippen LogP contribution is 2.21. The van der Waals surface area contributed by atoms with Crippen molar-refractivity contribution >= 4 is 21.7 Å². The molecule has 3 nitrogen and oxygen atoms in total. The zero-order valence-electron chi connectivity index (χ0n) is 10.2.